The van der Waals surface area contributed by atoms with Gasteiger partial charge in [0.05, 0.1) is 30.8 Å². The largest absolute Gasteiger partial charge is 0.383 e. The third kappa shape index (κ3) is 5.59. The van der Waals surface area contributed by atoms with E-state index in [1.807, 2.05) is 38.1 Å². The van der Waals surface area contributed by atoms with Crippen molar-refractivity contribution in [2.24, 2.45) is 0 Å². The quantitative estimate of drug-likeness (QED) is 0.558. The third-order valence-corrected chi connectivity index (χ3v) is 7.06. The number of hydrogen-bond acceptors (Lipinski definition) is 5. The Bertz CT molecular complexity index is 967. The minimum atomic E-state index is -3.61. The Hall–Kier alpha value is -1.97. The van der Waals surface area contributed by atoms with Gasteiger partial charge in [0.2, 0.25) is 15.0 Å². The fourth-order valence-corrected chi connectivity index (χ4v) is 5.21. The molecule has 1 aromatic heterocycles. The van der Waals surface area contributed by atoms with Gasteiger partial charge in [0.25, 0.3) is 0 Å². The number of thiocarbonyl (C=S) groups is 1. The first-order chi connectivity index (χ1) is 14.4. The lowest BCUT2D eigenvalue weighted by Crippen LogP contribution is -2.41. The van der Waals surface area contributed by atoms with Crippen molar-refractivity contribution < 1.29 is 13.2 Å². The normalized spacial score (nSPS) is 14.0. The molecule has 7 nitrogen and oxygen atoms in total. The molecule has 1 aliphatic carbocycles. The van der Waals surface area contributed by atoms with Crippen LogP contribution in [0.1, 0.15) is 36.6 Å². The van der Waals surface area contributed by atoms with E-state index in [1.54, 1.807) is 17.9 Å². The van der Waals surface area contributed by atoms with Crippen LogP contribution in [-0.4, -0.2) is 54.3 Å². The van der Waals surface area contributed by atoms with Gasteiger partial charge in [-0.25, -0.2) is 13.4 Å². The van der Waals surface area contributed by atoms with Crippen LogP contribution in [0.3, 0.4) is 0 Å². The highest BCUT2D eigenvalue weighted by molar-refractivity contribution is 7.90. The Labute approximate surface area is 184 Å². The predicted octanol–water partition coefficient (Wildman–Crippen LogP) is 2.67. The molecule has 3 rings (SSSR count). The van der Waals surface area contributed by atoms with E-state index in [1.165, 1.54) is 0 Å². The van der Waals surface area contributed by atoms with Gasteiger partial charge < -0.3 is 19.5 Å². The van der Waals surface area contributed by atoms with Crippen LogP contribution in [0, 0.1) is 6.92 Å². The van der Waals surface area contributed by atoms with Crippen LogP contribution in [0.2, 0.25) is 0 Å². The number of nitrogens with zero attached hydrogens (tertiary/aromatic N) is 3. The molecule has 0 amide bonds. The van der Waals surface area contributed by atoms with E-state index in [4.69, 9.17) is 17.0 Å². The summed E-state index contributed by atoms with van der Waals surface area (Å²) in [4.78, 5) is 6.46. The van der Waals surface area contributed by atoms with Crippen molar-refractivity contribution in [1.82, 2.24) is 19.8 Å². The minimum absolute atomic E-state index is 0.0836. The van der Waals surface area contributed by atoms with Gasteiger partial charge in [-0.05, 0) is 44.5 Å². The van der Waals surface area contributed by atoms with Crippen molar-refractivity contribution in [1.29, 1.82) is 0 Å². The maximum Gasteiger partial charge on any atom is 0.228 e. The smallest absolute Gasteiger partial charge is 0.228 e. The fourth-order valence-electron chi connectivity index (χ4n) is 3.34. The fraction of sp³-hybridized carbons (Fsp3) is 0.524. The molecule has 1 saturated carbocycles. The van der Waals surface area contributed by atoms with E-state index in [-0.39, 0.29) is 10.9 Å². The molecule has 0 unspecified atom stereocenters. The van der Waals surface area contributed by atoms with Crippen molar-refractivity contribution in [3.63, 3.8) is 0 Å². The summed E-state index contributed by atoms with van der Waals surface area (Å²) in [5.74, 6) is -0.0845. The zero-order valence-electron chi connectivity index (χ0n) is 17.8. The second-order valence-electron chi connectivity index (χ2n) is 7.62. The van der Waals surface area contributed by atoms with Gasteiger partial charge in [-0.2, -0.15) is 0 Å². The Kier molecular flexibility index (Phi) is 7.49. The maximum atomic E-state index is 13.2. The molecule has 1 aliphatic rings. The van der Waals surface area contributed by atoms with Crippen LogP contribution in [0.15, 0.2) is 35.6 Å². The Morgan fingerprint density at radius 1 is 1.33 bits per heavy atom. The topological polar surface area (TPSA) is 76.5 Å². The summed E-state index contributed by atoms with van der Waals surface area (Å²) in [7, 11) is -2.00. The maximum absolute atomic E-state index is 13.2. The summed E-state index contributed by atoms with van der Waals surface area (Å²) < 4.78 is 33.3. The van der Waals surface area contributed by atoms with Gasteiger partial charge in [-0.15, -0.1) is 0 Å². The van der Waals surface area contributed by atoms with Crippen molar-refractivity contribution >= 4 is 27.2 Å². The molecule has 164 valence electrons. The van der Waals surface area contributed by atoms with Crippen molar-refractivity contribution in [3.8, 4) is 0 Å². The van der Waals surface area contributed by atoms with Gasteiger partial charge in [-0.3, -0.25) is 0 Å². The number of rotatable bonds is 10. The van der Waals surface area contributed by atoms with Crippen LogP contribution < -0.4 is 5.32 Å². The molecule has 2 aromatic rings. The van der Waals surface area contributed by atoms with E-state index >= 15 is 0 Å². The molecule has 1 heterocycles. The number of aryl methyl sites for hydroxylation is 1. The first kappa shape index (κ1) is 22.7. The monoisotopic (exact) mass is 450 g/mol. The van der Waals surface area contributed by atoms with Crippen LogP contribution in [0.25, 0.3) is 0 Å². The standard InChI is InChI=1S/C21H30N4O3S2/c1-4-22-20(29)25(18-9-10-18)14-19-13-23-21(24(19)11-12-28-3)30(26,27)15-17-7-5-16(2)6-8-17/h5-8,13,18H,4,9-12,14-15H2,1-3H3,(H,22,29). The summed E-state index contributed by atoms with van der Waals surface area (Å²) in [5.41, 5.74) is 2.66. The molecule has 1 fully saturated rings. The number of imidazole rings is 1. The Balaban J connectivity index is 1.88. The molecule has 0 aliphatic heterocycles. The minimum Gasteiger partial charge on any atom is -0.383 e. The summed E-state index contributed by atoms with van der Waals surface area (Å²) in [6.07, 6.45) is 3.84. The highest BCUT2D eigenvalue weighted by Gasteiger charge is 2.32. The van der Waals surface area contributed by atoms with Crippen LogP contribution in [-0.2, 0) is 33.4 Å². The van der Waals surface area contributed by atoms with Crippen LogP contribution in [0.5, 0.6) is 0 Å². The second-order valence-corrected chi connectivity index (χ2v) is 9.89. The van der Waals surface area contributed by atoms with Crippen LogP contribution >= 0.6 is 12.2 Å². The van der Waals surface area contributed by atoms with Gasteiger partial charge in [0.15, 0.2) is 5.11 Å². The number of benzene rings is 1. The molecule has 1 aromatic carbocycles. The average molecular weight is 451 g/mol. The second kappa shape index (κ2) is 9.89. The van der Waals surface area contributed by atoms with E-state index in [0.717, 1.165) is 36.2 Å². The summed E-state index contributed by atoms with van der Waals surface area (Å²) in [6, 6.07) is 7.93. The molecule has 0 saturated heterocycles. The first-order valence-electron chi connectivity index (χ1n) is 10.2. The highest BCUT2D eigenvalue weighted by Crippen LogP contribution is 2.29. The highest BCUT2D eigenvalue weighted by atomic mass is 32.2. The average Bonchev–Trinajstić information content (AvgIpc) is 3.46. The van der Waals surface area contributed by atoms with Gasteiger partial charge in [0, 0.05) is 26.2 Å². The van der Waals surface area contributed by atoms with Crippen molar-refractivity contribution in [3.05, 3.63) is 47.3 Å². The van der Waals surface area contributed by atoms with Crippen molar-refractivity contribution in [2.45, 2.75) is 56.7 Å². The molecule has 9 heteroatoms. The van der Waals surface area contributed by atoms with E-state index in [0.29, 0.717) is 30.9 Å². The number of nitrogens with one attached hydrogen (secondary N) is 1. The molecular formula is C21H30N4O3S2. The summed E-state index contributed by atoms with van der Waals surface area (Å²) in [5, 5.41) is 3.99. The lowest BCUT2D eigenvalue weighted by atomic mass is 10.2. The van der Waals surface area contributed by atoms with Gasteiger partial charge >= 0.3 is 0 Å². The van der Waals surface area contributed by atoms with E-state index in [2.05, 4.69) is 15.2 Å². The van der Waals surface area contributed by atoms with Gasteiger partial charge in [-0.1, -0.05) is 29.8 Å². The predicted molar refractivity (Wildman–Crippen MR) is 121 cm³/mol. The lowest BCUT2D eigenvalue weighted by Gasteiger charge is -2.26. The zero-order valence-corrected chi connectivity index (χ0v) is 19.4. The number of hydrogen-bond donors (Lipinski definition) is 1. The molecule has 0 bridgehead atoms. The molecule has 0 radical (unpaired) electrons. The molecule has 0 atom stereocenters. The van der Waals surface area contributed by atoms with E-state index < -0.39 is 9.84 Å². The molecule has 0 spiro atoms. The van der Waals surface area contributed by atoms with Crippen molar-refractivity contribution in [2.75, 3.05) is 20.3 Å². The number of ether oxygens (including phenoxy) is 1. The SMILES string of the molecule is CCNC(=S)N(Cc1cnc(S(=O)(=O)Cc2ccc(C)cc2)n1CCOC)C1CC1. The summed E-state index contributed by atoms with van der Waals surface area (Å²) in [6.45, 7) is 6.08. The van der Waals surface area contributed by atoms with Gasteiger partial charge in [0.1, 0.15) is 0 Å². The number of methoxy groups -OCH3 is 1. The number of aromatic nitrogens is 2. The molecule has 30 heavy (non-hydrogen) atoms. The first-order valence-corrected chi connectivity index (χ1v) is 12.3. The zero-order chi connectivity index (χ0) is 21.7. The Morgan fingerprint density at radius 2 is 2.03 bits per heavy atom. The number of sulfone groups is 1. The molecule has 1 N–H and O–H groups in total. The lowest BCUT2D eigenvalue weighted by molar-refractivity contribution is 0.182. The molecular weight excluding hydrogens is 420 g/mol. The third-order valence-electron chi connectivity index (χ3n) is 5.08. The van der Waals surface area contributed by atoms with E-state index in [9.17, 15) is 8.42 Å². The summed E-state index contributed by atoms with van der Waals surface area (Å²) >= 11 is 5.54. The Morgan fingerprint density at radius 3 is 2.63 bits per heavy atom. The van der Waals surface area contributed by atoms with Crippen LogP contribution in [0.4, 0.5) is 0 Å².